The minimum atomic E-state index is -2.53. The van der Waals surface area contributed by atoms with Gasteiger partial charge in [0.25, 0.3) is 5.95 Å². The third-order valence-corrected chi connectivity index (χ3v) is 3.97. The van der Waals surface area contributed by atoms with E-state index in [0.717, 1.165) is 4.47 Å². The zero-order valence-electron chi connectivity index (χ0n) is 8.29. The normalized spacial score (nSPS) is 14.4. The number of benzene rings is 1. The van der Waals surface area contributed by atoms with Gasteiger partial charge in [-0.2, -0.15) is 4.36 Å². The van der Waals surface area contributed by atoms with Gasteiger partial charge in [0.1, 0.15) is 0 Å². The Morgan fingerprint density at radius 3 is 2.94 bits per heavy atom. The van der Waals surface area contributed by atoms with Crippen molar-refractivity contribution in [2.24, 2.45) is 4.36 Å². The van der Waals surface area contributed by atoms with Crippen LogP contribution < -0.4 is 0 Å². The second-order valence-corrected chi connectivity index (χ2v) is 6.25. The first-order valence-electron chi connectivity index (χ1n) is 4.29. The molecule has 0 radical (unpaired) electrons. The molecule has 2 rings (SSSR count). The molecule has 0 amide bonds. The molecule has 0 fully saturated rings. The van der Waals surface area contributed by atoms with E-state index in [2.05, 4.69) is 40.9 Å². The van der Waals surface area contributed by atoms with E-state index in [1.807, 2.05) is 6.07 Å². The predicted molar refractivity (Wildman–Crippen MR) is 62.7 cm³/mol. The van der Waals surface area contributed by atoms with Gasteiger partial charge in [0.05, 0.1) is 9.73 Å². The number of hydrogen-bond acceptors (Lipinski definition) is 5. The van der Waals surface area contributed by atoms with Crippen molar-refractivity contribution in [3.8, 4) is 0 Å². The molecule has 84 valence electrons. The van der Waals surface area contributed by atoms with Crippen molar-refractivity contribution < 1.29 is 4.21 Å². The van der Waals surface area contributed by atoms with Crippen LogP contribution >= 0.6 is 15.9 Å². The maximum atomic E-state index is 12.3. The average molecular weight is 302 g/mol. The summed E-state index contributed by atoms with van der Waals surface area (Å²) in [5.74, 6) is 0.160. The lowest BCUT2D eigenvalue weighted by atomic mass is 10.4. The molecule has 0 saturated heterocycles. The van der Waals surface area contributed by atoms with Crippen LogP contribution in [0.2, 0.25) is 0 Å². The van der Waals surface area contributed by atoms with E-state index in [4.69, 9.17) is 0 Å². The second kappa shape index (κ2) is 4.30. The summed E-state index contributed by atoms with van der Waals surface area (Å²) in [4.78, 5) is 0.623. The Hall–Kier alpha value is -1.28. The number of rotatable bonds is 2. The van der Waals surface area contributed by atoms with E-state index in [9.17, 15) is 4.21 Å². The lowest BCUT2D eigenvalue weighted by molar-refractivity contribution is 0.680. The Balaban J connectivity index is 2.51. The molecule has 1 N–H and O–H groups in total. The van der Waals surface area contributed by atoms with Crippen LogP contribution in [0, 0.1) is 0 Å². The van der Waals surface area contributed by atoms with Gasteiger partial charge in [-0.05, 0) is 28.6 Å². The molecule has 1 aromatic heterocycles. The zero-order chi connectivity index (χ0) is 11.6. The van der Waals surface area contributed by atoms with Crippen molar-refractivity contribution in [1.29, 1.82) is 0 Å². The fraction of sp³-hybridized carbons (Fsp3) is 0.125. The molecule has 0 aliphatic carbocycles. The molecule has 0 bridgehead atoms. The molecule has 0 aliphatic heterocycles. The number of tetrazole rings is 1. The first-order valence-corrected chi connectivity index (χ1v) is 7.01. The van der Waals surface area contributed by atoms with Gasteiger partial charge < -0.3 is 0 Å². The lowest BCUT2D eigenvalue weighted by Gasteiger charge is -2.02. The second-order valence-electron chi connectivity index (χ2n) is 3.08. The molecule has 1 aromatic carbocycles. The fourth-order valence-electron chi connectivity index (χ4n) is 1.11. The molecule has 1 unspecified atom stereocenters. The molecule has 1 heterocycles. The summed E-state index contributed by atoms with van der Waals surface area (Å²) < 4.78 is 17.1. The van der Waals surface area contributed by atoms with Gasteiger partial charge >= 0.3 is 0 Å². The van der Waals surface area contributed by atoms with Crippen LogP contribution in [-0.2, 0) is 9.73 Å². The number of halogens is 1. The predicted octanol–water partition coefficient (Wildman–Crippen LogP) is 1.75. The summed E-state index contributed by atoms with van der Waals surface area (Å²) in [6.07, 6.45) is 1.54. The van der Waals surface area contributed by atoms with Crippen molar-refractivity contribution in [3.63, 3.8) is 0 Å². The quantitative estimate of drug-likeness (QED) is 0.916. The van der Waals surface area contributed by atoms with Crippen LogP contribution in [0.4, 0.5) is 5.95 Å². The van der Waals surface area contributed by atoms with E-state index >= 15 is 0 Å². The van der Waals surface area contributed by atoms with Gasteiger partial charge in [0, 0.05) is 15.6 Å². The molecule has 16 heavy (non-hydrogen) atoms. The van der Waals surface area contributed by atoms with Crippen LogP contribution in [0.25, 0.3) is 0 Å². The third kappa shape index (κ3) is 2.45. The van der Waals surface area contributed by atoms with Crippen molar-refractivity contribution >= 4 is 31.6 Å². The number of H-pyrrole nitrogens is 1. The molecular formula is C8H8BrN5OS. The SMILES string of the molecule is CS(=O)(=Nc1nnn[nH]1)c1cccc(Br)c1. The van der Waals surface area contributed by atoms with Gasteiger partial charge in [0.2, 0.25) is 0 Å². The van der Waals surface area contributed by atoms with E-state index in [0.29, 0.717) is 4.90 Å². The summed E-state index contributed by atoms with van der Waals surface area (Å²) in [6, 6.07) is 7.17. The first kappa shape index (κ1) is 11.2. The van der Waals surface area contributed by atoms with Gasteiger partial charge in [-0.15, -0.1) is 0 Å². The first-order chi connectivity index (χ1) is 7.58. The maximum absolute atomic E-state index is 12.3. The molecule has 0 saturated carbocycles. The van der Waals surface area contributed by atoms with E-state index in [1.165, 1.54) is 6.26 Å². The highest BCUT2D eigenvalue weighted by molar-refractivity contribution is 9.10. The summed E-state index contributed by atoms with van der Waals surface area (Å²) in [6.45, 7) is 0. The molecule has 1 atom stereocenters. The van der Waals surface area contributed by atoms with Crippen molar-refractivity contribution in [3.05, 3.63) is 28.7 Å². The van der Waals surface area contributed by atoms with Gasteiger partial charge in [-0.1, -0.05) is 27.1 Å². The number of nitrogens with zero attached hydrogens (tertiary/aromatic N) is 4. The highest BCUT2D eigenvalue weighted by atomic mass is 79.9. The molecule has 0 aliphatic rings. The standard InChI is InChI=1S/C8H8BrN5OS/c1-16(15,12-8-10-13-14-11-8)7-4-2-3-6(9)5-7/h2-5H,1H3,(H,10,11,13,14). The van der Waals surface area contributed by atoms with Crippen LogP contribution in [-0.4, -0.2) is 31.1 Å². The maximum Gasteiger partial charge on any atom is 0.274 e. The van der Waals surface area contributed by atoms with Gasteiger partial charge in [-0.3, -0.25) is 0 Å². The van der Waals surface area contributed by atoms with Crippen LogP contribution in [0.5, 0.6) is 0 Å². The topological polar surface area (TPSA) is 83.9 Å². The van der Waals surface area contributed by atoms with Crippen LogP contribution in [0.15, 0.2) is 38.0 Å². The molecule has 2 aromatic rings. The van der Waals surface area contributed by atoms with E-state index in [1.54, 1.807) is 18.2 Å². The lowest BCUT2D eigenvalue weighted by Crippen LogP contribution is -1.97. The summed E-state index contributed by atoms with van der Waals surface area (Å²) in [5.41, 5.74) is 0. The monoisotopic (exact) mass is 301 g/mol. The Morgan fingerprint density at radius 2 is 2.31 bits per heavy atom. The Labute approximate surface area is 101 Å². The minimum absolute atomic E-state index is 0.160. The molecule has 0 spiro atoms. The van der Waals surface area contributed by atoms with E-state index in [-0.39, 0.29) is 5.95 Å². The zero-order valence-corrected chi connectivity index (χ0v) is 10.7. The minimum Gasteiger partial charge on any atom is -0.245 e. The number of aromatic amines is 1. The Morgan fingerprint density at radius 1 is 1.50 bits per heavy atom. The number of hydrogen-bond donors (Lipinski definition) is 1. The molecular weight excluding hydrogens is 294 g/mol. The van der Waals surface area contributed by atoms with Crippen molar-refractivity contribution in [1.82, 2.24) is 20.6 Å². The highest BCUT2D eigenvalue weighted by Gasteiger charge is 2.07. The molecule has 8 heteroatoms. The van der Waals surface area contributed by atoms with Crippen LogP contribution in [0.3, 0.4) is 0 Å². The largest absolute Gasteiger partial charge is 0.274 e. The third-order valence-electron chi connectivity index (χ3n) is 1.83. The van der Waals surface area contributed by atoms with Gasteiger partial charge in [0.15, 0.2) is 0 Å². The highest BCUT2D eigenvalue weighted by Crippen LogP contribution is 2.19. The van der Waals surface area contributed by atoms with Crippen molar-refractivity contribution in [2.45, 2.75) is 4.90 Å². The van der Waals surface area contributed by atoms with E-state index < -0.39 is 9.73 Å². The Bertz CT molecular complexity index is 603. The molecule has 6 nitrogen and oxygen atoms in total. The summed E-state index contributed by atoms with van der Waals surface area (Å²) in [7, 11) is -2.53. The summed E-state index contributed by atoms with van der Waals surface area (Å²) >= 11 is 3.32. The van der Waals surface area contributed by atoms with Crippen LogP contribution in [0.1, 0.15) is 0 Å². The number of aromatic nitrogens is 4. The Kier molecular flexibility index (Phi) is 3.01. The smallest absolute Gasteiger partial charge is 0.245 e. The van der Waals surface area contributed by atoms with Gasteiger partial charge in [-0.25, -0.2) is 9.31 Å². The fourth-order valence-corrected chi connectivity index (χ4v) is 2.85. The van der Waals surface area contributed by atoms with Crippen molar-refractivity contribution in [2.75, 3.05) is 6.26 Å². The average Bonchev–Trinajstić information content (AvgIpc) is 2.70. The number of nitrogens with one attached hydrogen (secondary N) is 1. The summed E-state index contributed by atoms with van der Waals surface area (Å²) in [5, 5.41) is 12.8.